The van der Waals surface area contributed by atoms with Crippen molar-refractivity contribution >= 4 is 45.3 Å². The number of nitrogens with one attached hydrogen (secondary N) is 2. The first-order valence-corrected chi connectivity index (χ1v) is 15.2. The zero-order valence-corrected chi connectivity index (χ0v) is 25.0. The lowest BCUT2D eigenvalue weighted by Crippen LogP contribution is -2.40. The average Bonchev–Trinajstić information content (AvgIpc) is 3.01. The summed E-state index contributed by atoms with van der Waals surface area (Å²) in [5.41, 5.74) is 5.10. The molecule has 9 nitrogen and oxygen atoms in total. The molecule has 4 aromatic carbocycles. The third-order valence-corrected chi connectivity index (χ3v) is 8.30. The number of aryl methyl sites for hydroxylation is 1. The first-order chi connectivity index (χ1) is 20.7. The minimum atomic E-state index is -4.08. The number of benzene rings is 4. The van der Waals surface area contributed by atoms with E-state index in [2.05, 4.69) is 15.8 Å². The van der Waals surface area contributed by atoms with E-state index < -0.39 is 22.5 Å². The molecule has 0 radical (unpaired) electrons. The van der Waals surface area contributed by atoms with Crippen LogP contribution in [0.15, 0.2) is 113 Å². The van der Waals surface area contributed by atoms with E-state index in [1.165, 1.54) is 24.4 Å². The molecule has 0 atom stereocenters. The van der Waals surface area contributed by atoms with E-state index in [1.807, 2.05) is 30.3 Å². The number of hydrogen-bond donors (Lipinski definition) is 2. The van der Waals surface area contributed by atoms with Crippen molar-refractivity contribution in [3.63, 3.8) is 0 Å². The molecule has 0 unspecified atom stereocenters. The number of anilines is 1. The monoisotopic (exact) mass is 618 g/mol. The Morgan fingerprint density at radius 1 is 0.907 bits per heavy atom. The van der Waals surface area contributed by atoms with Gasteiger partial charge in [0.25, 0.3) is 21.8 Å². The van der Waals surface area contributed by atoms with E-state index >= 15 is 0 Å². The molecular formula is C32H31ClN4O5S. The normalized spacial score (nSPS) is 11.2. The maximum absolute atomic E-state index is 13.5. The molecule has 0 saturated carbocycles. The van der Waals surface area contributed by atoms with Crippen LogP contribution in [-0.4, -0.2) is 46.1 Å². The van der Waals surface area contributed by atoms with Gasteiger partial charge in [0.1, 0.15) is 12.3 Å². The second-order valence-electron chi connectivity index (χ2n) is 9.49. The topological polar surface area (TPSA) is 117 Å². The Labute approximate surface area is 256 Å². The number of rotatable bonds is 13. The van der Waals surface area contributed by atoms with Crippen LogP contribution in [0.1, 0.15) is 16.7 Å². The number of halogens is 1. The second-order valence-corrected chi connectivity index (χ2v) is 11.8. The van der Waals surface area contributed by atoms with Crippen LogP contribution >= 0.6 is 11.6 Å². The summed E-state index contributed by atoms with van der Waals surface area (Å²) in [5, 5.41) is 7.13. The van der Waals surface area contributed by atoms with Crippen LogP contribution in [0, 0.1) is 6.92 Å². The Hall–Kier alpha value is -4.67. The molecule has 0 aliphatic carbocycles. The van der Waals surface area contributed by atoms with Gasteiger partial charge in [0, 0.05) is 11.6 Å². The molecule has 0 bridgehead atoms. The molecule has 0 spiro atoms. The summed E-state index contributed by atoms with van der Waals surface area (Å²) in [6.07, 6.45) is 2.15. The van der Waals surface area contributed by atoms with Crippen LogP contribution in [0.4, 0.5) is 5.69 Å². The molecule has 2 amide bonds. The zero-order chi connectivity index (χ0) is 30.7. The van der Waals surface area contributed by atoms with Gasteiger partial charge in [0.15, 0.2) is 6.61 Å². The number of amides is 2. The Kier molecular flexibility index (Phi) is 10.9. The van der Waals surface area contributed by atoms with Gasteiger partial charge in [-0.1, -0.05) is 66.2 Å². The van der Waals surface area contributed by atoms with Crippen molar-refractivity contribution < 1.29 is 22.7 Å². The lowest BCUT2D eigenvalue weighted by Gasteiger charge is -2.25. The highest BCUT2D eigenvalue weighted by molar-refractivity contribution is 7.92. The molecular weight excluding hydrogens is 588 g/mol. The fourth-order valence-electron chi connectivity index (χ4n) is 4.06. The summed E-state index contributed by atoms with van der Waals surface area (Å²) in [6.45, 7) is 1.62. The quantitative estimate of drug-likeness (QED) is 0.166. The third-order valence-electron chi connectivity index (χ3n) is 6.29. The van der Waals surface area contributed by atoms with Gasteiger partial charge in [-0.3, -0.25) is 13.9 Å². The molecule has 222 valence electrons. The smallest absolute Gasteiger partial charge is 0.264 e. The van der Waals surface area contributed by atoms with Gasteiger partial charge in [-0.15, -0.1) is 0 Å². The minimum Gasteiger partial charge on any atom is -0.484 e. The number of carbonyl (C=O) groups excluding carboxylic acids is 2. The summed E-state index contributed by atoms with van der Waals surface area (Å²) >= 11 is 6.16. The Bertz CT molecular complexity index is 1670. The van der Waals surface area contributed by atoms with Crippen molar-refractivity contribution in [3.05, 3.63) is 125 Å². The molecule has 0 saturated heterocycles. The molecule has 43 heavy (non-hydrogen) atoms. The van der Waals surface area contributed by atoms with E-state index in [9.17, 15) is 18.0 Å². The maximum Gasteiger partial charge on any atom is 0.264 e. The first kappa shape index (κ1) is 31.3. The summed E-state index contributed by atoms with van der Waals surface area (Å²) in [6, 6.07) is 29.3. The molecule has 0 heterocycles. The van der Waals surface area contributed by atoms with E-state index in [0.717, 1.165) is 16.3 Å². The SMILES string of the molecule is Cc1ccc(Cl)cc1N(CC(=O)N/N=C\c1ccc(OCC(=O)NCCc2ccccc2)cc1)S(=O)(=O)c1ccccc1. The summed E-state index contributed by atoms with van der Waals surface area (Å²) < 4.78 is 33.5. The number of nitrogens with zero attached hydrogens (tertiary/aromatic N) is 2. The largest absolute Gasteiger partial charge is 0.484 e. The Morgan fingerprint density at radius 2 is 1.58 bits per heavy atom. The van der Waals surface area contributed by atoms with Gasteiger partial charge >= 0.3 is 0 Å². The lowest BCUT2D eigenvalue weighted by molar-refractivity contribution is -0.123. The van der Waals surface area contributed by atoms with Crippen molar-refractivity contribution in [3.8, 4) is 5.75 Å². The predicted octanol–water partition coefficient (Wildman–Crippen LogP) is 4.73. The molecule has 4 rings (SSSR count). The number of hydrazone groups is 1. The average molecular weight is 619 g/mol. The highest BCUT2D eigenvalue weighted by Crippen LogP contribution is 2.29. The Morgan fingerprint density at radius 3 is 2.28 bits per heavy atom. The molecule has 4 aromatic rings. The van der Waals surface area contributed by atoms with Gasteiger partial charge in [0.05, 0.1) is 16.8 Å². The van der Waals surface area contributed by atoms with Crippen LogP contribution in [0.5, 0.6) is 5.75 Å². The maximum atomic E-state index is 13.5. The van der Waals surface area contributed by atoms with Crippen molar-refractivity contribution in [2.45, 2.75) is 18.2 Å². The molecule has 11 heteroatoms. The van der Waals surface area contributed by atoms with E-state index in [0.29, 0.717) is 28.4 Å². The van der Waals surface area contributed by atoms with Crippen LogP contribution in [0.3, 0.4) is 0 Å². The van der Waals surface area contributed by atoms with Crippen LogP contribution in [0.25, 0.3) is 0 Å². The lowest BCUT2D eigenvalue weighted by atomic mass is 10.1. The number of carbonyl (C=O) groups is 2. The fourth-order valence-corrected chi connectivity index (χ4v) is 5.72. The van der Waals surface area contributed by atoms with E-state index in [-0.39, 0.29) is 23.1 Å². The van der Waals surface area contributed by atoms with Gasteiger partial charge in [-0.2, -0.15) is 5.10 Å². The standard InChI is InChI=1S/C32H31ClN4O5S/c1-24-12-15-27(33)20-30(24)37(43(40,41)29-10-6-3-7-11-29)22-31(38)36-35-21-26-13-16-28(17-14-26)42-23-32(39)34-19-18-25-8-4-2-5-9-25/h2-17,20-21H,18-19,22-23H2,1H3,(H,34,39)(H,36,38)/b35-21-. The van der Waals surface area contributed by atoms with E-state index in [4.69, 9.17) is 16.3 Å². The summed E-state index contributed by atoms with van der Waals surface area (Å²) in [5.74, 6) is -0.369. The van der Waals surface area contributed by atoms with Crippen LogP contribution < -0.4 is 19.8 Å². The highest BCUT2D eigenvalue weighted by atomic mass is 35.5. The number of ether oxygens (including phenoxy) is 1. The van der Waals surface area contributed by atoms with Gasteiger partial charge in [0.2, 0.25) is 0 Å². The first-order valence-electron chi connectivity index (χ1n) is 13.4. The van der Waals surface area contributed by atoms with Crippen LogP contribution in [0.2, 0.25) is 5.02 Å². The zero-order valence-electron chi connectivity index (χ0n) is 23.4. The molecule has 0 fully saturated rings. The summed E-state index contributed by atoms with van der Waals surface area (Å²) in [4.78, 5) is 24.9. The molecule has 0 aromatic heterocycles. The van der Waals surface area contributed by atoms with Gasteiger partial charge < -0.3 is 10.1 Å². The number of hydrogen-bond acceptors (Lipinski definition) is 6. The molecule has 0 aliphatic rings. The predicted molar refractivity (Wildman–Crippen MR) is 168 cm³/mol. The van der Waals surface area contributed by atoms with Gasteiger partial charge in [-0.25, -0.2) is 13.8 Å². The van der Waals surface area contributed by atoms with Crippen LogP contribution in [-0.2, 0) is 26.0 Å². The Balaban J connectivity index is 1.31. The molecule has 2 N–H and O–H groups in total. The fraction of sp³-hybridized carbons (Fsp3) is 0.156. The third kappa shape index (κ3) is 9.16. The summed E-state index contributed by atoms with van der Waals surface area (Å²) in [7, 11) is -4.08. The minimum absolute atomic E-state index is 0.0395. The van der Waals surface area contributed by atoms with Gasteiger partial charge in [-0.05, 0) is 78.6 Å². The van der Waals surface area contributed by atoms with Crippen molar-refractivity contribution in [1.29, 1.82) is 0 Å². The molecule has 0 aliphatic heterocycles. The van der Waals surface area contributed by atoms with Crippen molar-refractivity contribution in [1.82, 2.24) is 10.7 Å². The van der Waals surface area contributed by atoms with Crippen molar-refractivity contribution in [2.24, 2.45) is 5.10 Å². The van der Waals surface area contributed by atoms with Crippen molar-refractivity contribution in [2.75, 3.05) is 24.0 Å². The highest BCUT2D eigenvalue weighted by Gasteiger charge is 2.28. The number of sulfonamides is 1. The van der Waals surface area contributed by atoms with E-state index in [1.54, 1.807) is 61.5 Å². The second kappa shape index (κ2) is 15.0.